The highest BCUT2D eigenvalue weighted by Crippen LogP contribution is 2.15. The van der Waals surface area contributed by atoms with E-state index < -0.39 is 0 Å². The number of carbonyl (C=O) groups excluding carboxylic acids is 2. The standard InChI is InChI=1S/C13H18O3/c14-10-12(15)8-4-2-1-3-6-11-7-5-9-13(11)16/h3,6-7,14H,1-2,4-5,8-10H2. The maximum atomic E-state index is 11.2. The van der Waals surface area contributed by atoms with Crippen LogP contribution in [0.5, 0.6) is 0 Å². The van der Waals surface area contributed by atoms with Crippen LogP contribution >= 0.6 is 0 Å². The molecule has 1 aliphatic carbocycles. The highest BCUT2D eigenvalue weighted by Gasteiger charge is 2.10. The highest BCUT2D eigenvalue weighted by molar-refractivity contribution is 6.00. The van der Waals surface area contributed by atoms with E-state index in [1.807, 2.05) is 18.2 Å². The zero-order valence-electron chi connectivity index (χ0n) is 9.45. The van der Waals surface area contributed by atoms with Crippen molar-refractivity contribution < 1.29 is 14.7 Å². The van der Waals surface area contributed by atoms with E-state index >= 15 is 0 Å². The summed E-state index contributed by atoms with van der Waals surface area (Å²) in [6, 6.07) is 0. The number of rotatable bonds is 7. The first-order valence-electron chi connectivity index (χ1n) is 5.76. The molecular formula is C13H18O3. The molecule has 0 heterocycles. The van der Waals surface area contributed by atoms with Gasteiger partial charge in [-0.2, -0.15) is 0 Å². The molecule has 0 atom stereocenters. The molecule has 0 fully saturated rings. The molecule has 0 radical (unpaired) electrons. The van der Waals surface area contributed by atoms with Crippen molar-refractivity contribution in [1.29, 1.82) is 0 Å². The second-order valence-corrected chi connectivity index (χ2v) is 3.97. The maximum absolute atomic E-state index is 11.2. The summed E-state index contributed by atoms with van der Waals surface area (Å²) in [5, 5.41) is 8.50. The summed E-state index contributed by atoms with van der Waals surface area (Å²) in [6.45, 7) is -0.350. The third-order valence-corrected chi connectivity index (χ3v) is 2.61. The van der Waals surface area contributed by atoms with Crippen LogP contribution in [0.2, 0.25) is 0 Å². The lowest BCUT2D eigenvalue weighted by Crippen LogP contribution is -2.02. The van der Waals surface area contributed by atoms with Gasteiger partial charge in [0.05, 0.1) is 0 Å². The van der Waals surface area contributed by atoms with Crippen LogP contribution in [-0.2, 0) is 9.59 Å². The summed E-state index contributed by atoms with van der Waals surface area (Å²) in [5.74, 6) is 0.129. The van der Waals surface area contributed by atoms with Crippen molar-refractivity contribution in [3.05, 3.63) is 23.8 Å². The summed E-state index contributed by atoms with van der Waals surface area (Å²) < 4.78 is 0. The zero-order chi connectivity index (χ0) is 11.8. The second kappa shape index (κ2) is 7.12. The fourth-order valence-electron chi connectivity index (χ4n) is 1.65. The van der Waals surface area contributed by atoms with Gasteiger partial charge in [-0.1, -0.05) is 18.2 Å². The molecule has 0 aromatic rings. The number of hydrogen-bond donors (Lipinski definition) is 1. The number of hydrogen-bond acceptors (Lipinski definition) is 3. The van der Waals surface area contributed by atoms with E-state index in [1.165, 1.54) is 0 Å². The van der Waals surface area contributed by atoms with Gasteiger partial charge in [-0.15, -0.1) is 0 Å². The van der Waals surface area contributed by atoms with Crippen molar-refractivity contribution in [2.45, 2.75) is 38.5 Å². The van der Waals surface area contributed by atoms with Crippen molar-refractivity contribution in [1.82, 2.24) is 0 Å². The van der Waals surface area contributed by atoms with Crippen molar-refractivity contribution in [2.24, 2.45) is 0 Å². The number of unbranched alkanes of at least 4 members (excludes halogenated alkanes) is 2. The molecule has 0 unspecified atom stereocenters. The number of aliphatic hydroxyl groups excluding tert-OH is 1. The van der Waals surface area contributed by atoms with Crippen LogP contribution in [0.3, 0.4) is 0 Å². The summed E-state index contributed by atoms with van der Waals surface area (Å²) in [6.07, 6.45) is 10.4. The van der Waals surface area contributed by atoms with Crippen LogP contribution < -0.4 is 0 Å². The molecule has 0 amide bonds. The normalized spacial score (nSPS) is 15.8. The quantitative estimate of drug-likeness (QED) is 0.670. The Balaban J connectivity index is 2.09. The third-order valence-electron chi connectivity index (χ3n) is 2.61. The fraction of sp³-hybridized carbons (Fsp3) is 0.538. The molecule has 3 heteroatoms. The van der Waals surface area contributed by atoms with E-state index in [-0.39, 0.29) is 18.2 Å². The molecule has 0 aliphatic heterocycles. The molecule has 1 rings (SSSR count). The van der Waals surface area contributed by atoms with Crippen LogP contribution in [0.15, 0.2) is 23.8 Å². The lowest BCUT2D eigenvalue weighted by Gasteiger charge is -1.96. The van der Waals surface area contributed by atoms with E-state index in [9.17, 15) is 9.59 Å². The molecular weight excluding hydrogens is 204 g/mol. The largest absolute Gasteiger partial charge is 0.389 e. The van der Waals surface area contributed by atoms with Crippen LogP contribution in [0.25, 0.3) is 0 Å². The first-order valence-corrected chi connectivity index (χ1v) is 5.76. The van der Waals surface area contributed by atoms with E-state index in [2.05, 4.69) is 0 Å². The minimum atomic E-state index is -0.350. The van der Waals surface area contributed by atoms with Crippen molar-refractivity contribution >= 4 is 11.6 Å². The average Bonchev–Trinajstić information content (AvgIpc) is 2.69. The van der Waals surface area contributed by atoms with E-state index in [0.29, 0.717) is 12.8 Å². The smallest absolute Gasteiger partial charge is 0.162 e. The number of aliphatic hydroxyl groups is 1. The monoisotopic (exact) mass is 222 g/mol. The lowest BCUT2D eigenvalue weighted by atomic mass is 10.1. The van der Waals surface area contributed by atoms with Crippen LogP contribution in [0.1, 0.15) is 38.5 Å². The predicted molar refractivity (Wildman–Crippen MR) is 62.0 cm³/mol. The first-order chi connectivity index (χ1) is 7.74. The van der Waals surface area contributed by atoms with Gasteiger partial charge in [0.25, 0.3) is 0 Å². The molecule has 0 spiro atoms. The van der Waals surface area contributed by atoms with Crippen LogP contribution in [-0.4, -0.2) is 23.3 Å². The van der Waals surface area contributed by atoms with Gasteiger partial charge in [-0.3, -0.25) is 9.59 Å². The molecule has 0 bridgehead atoms. The van der Waals surface area contributed by atoms with Gasteiger partial charge < -0.3 is 5.11 Å². The van der Waals surface area contributed by atoms with Gasteiger partial charge in [0, 0.05) is 18.4 Å². The third kappa shape index (κ3) is 4.53. The molecule has 3 nitrogen and oxygen atoms in total. The first kappa shape index (κ1) is 12.8. The highest BCUT2D eigenvalue weighted by atomic mass is 16.3. The number of allylic oxidation sites excluding steroid dienone is 4. The Labute approximate surface area is 95.9 Å². The Bertz CT molecular complexity index is 313. The Hall–Kier alpha value is -1.22. The van der Waals surface area contributed by atoms with E-state index in [1.54, 1.807) is 0 Å². The lowest BCUT2D eigenvalue weighted by molar-refractivity contribution is -0.121. The Morgan fingerprint density at radius 2 is 2.25 bits per heavy atom. The van der Waals surface area contributed by atoms with E-state index in [4.69, 9.17) is 5.11 Å². The average molecular weight is 222 g/mol. The fourth-order valence-corrected chi connectivity index (χ4v) is 1.65. The molecule has 1 N–H and O–H groups in total. The second-order valence-electron chi connectivity index (χ2n) is 3.97. The topological polar surface area (TPSA) is 54.4 Å². The number of Topliss-reactive ketones (excluding diaryl/α,β-unsaturated/α-hetero) is 2. The zero-order valence-corrected chi connectivity index (χ0v) is 9.45. The van der Waals surface area contributed by atoms with E-state index in [0.717, 1.165) is 31.3 Å². The summed E-state index contributed by atoms with van der Waals surface area (Å²) in [5.41, 5.74) is 0.825. The van der Waals surface area contributed by atoms with Gasteiger partial charge in [-0.25, -0.2) is 0 Å². The molecule has 0 aromatic carbocycles. The van der Waals surface area contributed by atoms with Gasteiger partial charge in [0.2, 0.25) is 0 Å². The van der Waals surface area contributed by atoms with Crippen molar-refractivity contribution in [3.8, 4) is 0 Å². The minimum Gasteiger partial charge on any atom is -0.389 e. The number of ketones is 2. The summed E-state index contributed by atoms with van der Waals surface area (Å²) in [4.78, 5) is 22.0. The molecule has 0 aromatic heterocycles. The molecule has 0 saturated heterocycles. The predicted octanol–water partition coefficient (Wildman–Crippen LogP) is 1.95. The van der Waals surface area contributed by atoms with Crippen LogP contribution in [0, 0.1) is 0 Å². The minimum absolute atomic E-state index is 0.0994. The molecule has 16 heavy (non-hydrogen) atoms. The molecule has 1 aliphatic rings. The Morgan fingerprint density at radius 3 is 2.88 bits per heavy atom. The summed E-state index contributed by atoms with van der Waals surface area (Å²) in [7, 11) is 0. The van der Waals surface area contributed by atoms with Crippen molar-refractivity contribution in [2.75, 3.05) is 6.61 Å². The summed E-state index contributed by atoms with van der Waals surface area (Å²) >= 11 is 0. The van der Waals surface area contributed by atoms with Gasteiger partial charge in [-0.05, 0) is 25.7 Å². The maximum Gasteiger partial charge on any atom is 0.162 e. The molecule has 88 valence electrons. The van der Waals surface area contributed by atoms with Gasteiger partial charge in [0.1, 0.15) is 6.61 Å². The van der Waals surface area contributed by atoms with Gasteiger partial charge in [0.15, 0.2) is 11.6 Å². The molecule has 0 saturated carbocycles. The Morgan fingerprint density at radius 1 is 1.44 bits per heavy atom. The Kier molecular flexibility index (Phi) is 5.72. The number of carbonyl (C=O) groups is 2. The SMILES string of the molecule is O=C(CO)CCCCC=CC1=CCCC1=O. The van der Waals surface area contributed by atoms with Crippen LogP contribution in [0.4, 0.5) is 0 Å². The van der Waals surface area contributed by atoms with Gasteiger partial charge >= 0.3 is 0 Å². The van der Waals surface area contributed by atoms with Crippen molar-refractivity contribution in [3.63, 3.8) is 0 Å².